The van der Waals surface area contributed by atoms with Gasteiger partial charge in [-0.05, 0) is 48.5 Å². The van der Waals surface area contributed by atoms with Crippen LogP contribution in [0.1, 0.15) is 11.1 Å². The number of anilines is 3. The van der Waals surface area contributed by atoms with Crippen LogP contribution in [0.4, 0.5) is 39.5 Å². The van der Waals surface area contributed by atoms with E-state index in [-0.39, 0.29) is 0 Å². The molecule has 2 heterocycles. The number of urea groups is 1. The molecule has 12 heteroatoms. The van der Waals surface area contributed by atoms with Gasteiger partial charge in [0.15, 0.2) is 5.82 Å². The fourth-order valence-corrected chi connectivity index (χ4v) is 3.53. The van der Waals surface area contributed by atoms with Gasteiger partial charge in [-0.15, -0.1) is 0 Å². The normalized spacial score (nSPS) is 11.6. The summed E-state index contributed by atoms with van der Waals surface area (Å²) >= 11 is 0. The van der Waals surface area contributed by atoms with Crippen molar-refractivity contribution in [3.63, 3.8) is 0 Å². The Kier molecular flexibility index (Phi) is 6.07. The number of nitrogens with zero attached hydrogens (tertiary/aromatic N) is 3. The quantitative estimate of drug-likeness (QED) is 0.319. The third kappa shape index (κ3) is 4.62. The summed E-state index contributed by atoms with van der Waals surface area (Å²) in [7, 11) is 1.81. The summed E-state index contributed by atoms with van der Waals surface area (Å²) in [6.45, 7) is 0.545. The highest BCUT2D eigenvalue weighted by Gasteiger charge is 2.31. The SMILES string of the molecule is CNCc1cn2ncnc(N)c2c1-c1ccc(NC(=O)Nc2cc(C(F)(F)F)ccc2F)cc1. The molecule has 0 fully saturated rings. The molecule has 0 atom stereocenters. The molecule has 0 saturated carbocycles. The lowest BCUT2D eigenvalue weighted by Crippen LogP contribution is -2.20. The standard InChI is InChI=1S/C22H19F4N7O/c1-28-9-13-10-33-19(20(27)29-11-30-33)18(13)12-2-5-15(6-3-12)31-21(34)32-17-8-14(22(24,25)26)4-7-16(17)23/h2-8,10-11,28H,9H2,1H3,(H2,27,29,30)(H2,31,32,34). The van der Waals surface area contributed by atoms with E-state index >= 15 is 0 Å². The molecule has 0 unspecified atom stereocenters. The summed E-state index contributed by atoms with van der Waals surface area (Å²) in [6, 6.07) is 7.56. The Labute approximate surface area is 190 Å². The number of hydrogen-bond donors (Lipinski definition) is 4. The van der Waals surface area contributed by atoms with Crippen molar-refractivity contribution in [3.8, 4) is 11.1 Å². The molecule has 0 aliphatic rings. The van der Waals surface area contributed by atoms with Gasteiger partial charge in [0.05, 0.1) is 11.3 Å². The van der Waals surface area contributed by atoms with Crippen LogP contribution in [0.25, 0.3) is 16.6 Å². The van der Waals surface area contributed by atoms with Crippen molar-refractivity contribution in [2.45, 2.75) is 12.7 Å². The van der Waals surface area contributed by atoms with Gasteiger partial charge in [0.2, 0.25) is 0 Å². The van der Waals surface area contributed by atoms with E-state index in [1.165, 1.54) is 6.33 Å². The number of halogens is 4. The number of fused-ring (bicyclic) bond motifs is 1. The first kappa shape index (κ1) is 23.0. The largest absolute Gasteiger partial charge is 0.416 e. The minimum Gasteiger partial charge on any atom is -0.382 e. The van der Waals surface area contributed by atoms with Gasteiger partial charge in [0.1, 0.15) is 17.7 Å². The Morgan fingerprint density at radius 3 is 2.53 bits per heavy atom. The molecule has 4 rings (SSSR count). The number of hydrogen-bond acceptors (Lipinski definition) is 5. The maximum Gasteiger partial charge on any atom is 0.416 e. The van der Waals surface area contributed by atoms with Crippen LogP contribution < -0.4 is 21.7 Å². The lowest BCUT2D eigenvalue weighted by molar-refractivity contribution is -0.137. The first-order valence-electron chi connectivity index (χ1n) is 9.98. The second kappa shape index (κ2) is 8.98. The van der Waals surface area contributed by atoms with Crippen molar-refractivity contribution in [2.75, 3.05) is 23.4 Å². The number of nitrogen functional groups attached to an aromatic ring is 1. The molecule has 8 nitrogen and oxygen atoms in total. The van der Waals surface area contributed by atoms with E-state index in [1.54, 1.807) is 35.8 Å². The molecule has 0 aliphatic heterocycles. The Morgan fingerprint density at radius 1 is 1.12 bits per heavy atom. The van der Waals surface area contributed by atoms with Crippen molar-refractivity contribution in [3.05, 3.63) is 71.9 Å². The third-order valence-corrected chi connectivity index (χ3v) is 5.02. The van der Waals surface area contributed by atoms with Crippen LogP contribution in [0.15, 0.2) is 55.0 Å². The van der Waals surface area contributed by atoms with Gasteiger partial charge in [-0.1, -0.05) is 12.1 Å². The maximum absolute atomic E-state index is 13.9. The molecule has 4 aromatic rings. The molecule has 2 aromatic carbocycles. The summed E-state index contributed by atoms with van der Waals surface area (Å²) in [5.74, 6) is -0.687. The van der Waals surface area contributed by atoms with E-state index in [4.69, 9.17) is 5.73 Å². The minimum absolute atomic E-state index is 0.303. The van der Waals surface area contributed by atoms with E-state index in [0.29, 0.717) is 41.8 Å². The summed E-state index contributed by atoms with van der Waals surface area (Å²) in [6.07, 6.45) is -1.48. The fraction of sp³-hybridized carbons (Fsp3) is 0.136. The number of alkyl halides is 3. The van der Waals surface area contributed by atoms with Crippen molar-refractivity contribution in [2.24, 2.45) is 0 Å². The highest BCUT2D eigenvalue weighted by Crippen LogP contribution is 2.34. The lowest BCUT2D eigenvalue weighted by atomic mass is 10.0. The topological polar surface area (TPSA) is 109 Å². The van der Waals surface area contributed by atoms with Gasteiger partial charge in [0.25, 0.3) is 0 Å². The maximum atomic E-state index is 13.9. The van der Waals surface area contributed by atoms with Gasteiger partial charge < -0.3 is 21.7 Å². The van der Waals surface area contributed by atoms with E-state index in [2.05, 4.69) is 26.0 Å². The van der Waals surface area contributed by atoms with Gasteiger partial charge >= 0.3 is 12.2 Å². The molecule has 0 radical (unpaired) electrons. The Morgan fingerprint density at radius 2 is 1.85 bits per heavy atom. The predicted molar refractivity (Wildman–Crippen MR) is 120 cm³/mol. The molecule has 0 saturated heterocycles. The second-order valence-electron chi connectivity index (χ2n) is 7.35. The first-order valence-corrected chi connectivity index (χ1v) is 9.98. The molecular weight excluding hydrogens is 454 g/mol. The van der Waals surface area contributed by atoms with E-state index in [0.717, 1.165) is 16.7 Å². The minimum atomic E-state index is -4.67. The van der Waals surface area contributed by atoms with Gasteiger partial charge in [0, 0.05) is 24.0 Å². The molecule has 2 aromatic heterocycles. The molecule has 34 heavy (non-hydrogen) atoms. The average molecular weight is 473 g/mol. The molecule has 2 amide bonds. The molecule has 0 aliphatic carbocycles. The van der Waals surface area contributed by atoms with Crippen LogP contribution in [-0.4, -0.2) is 27.7 Å². The predicted octanol–water partition coefficient (Wildman–Crippen LogP) is 4.50. The van der Waals surface area contributed by atoms with Crippen LogP contribution in [0, 0.1) is 5.82 Å². The van der Waals surface area contributed by atoms with Crippen LogP contribution in [-0.2, 0) is 12.7 Å². The van der Waals surface area contributed by atoms with E-state index < -0.39 is 29.3 Å². The van der Waals surface area contributed by atoms with Crippen LogP contribution in [0.5, 0.6) is 0 Å². The Hall–Kier alpha value is -4.19. The van der Waals surface area contributed by atoms with Crippen molar-refractivity contribution in [1.29, 1.82) is 0 Å². The van der Waals surface area contributed by atoms with Crippen molar-refractivity contribution < 1.29 is 22.4 Å². The fourth-order valence-electron chi connectivity index (χ4n) is 3.53. The molecule has 0 bridgehead atoms. The van der Waals surface area contributed by atoms with Gasteiger partial charge in [-0.2, -0.15) is 18.3 Å². The smallest absolute Gasteiger partial charge is 0.382 e. The number of nitrogens with one attached hydrogen (secondary N) is 3. The van der Waals surface area contributed by atoms with Crippen LogP contribution in [0.2, 0.25) is 0 Å². The number of carbonyl (C=O) groups excluding carboxylic acids is 1. The first-order chi connectivity index (χ1) is 16.2. The Bertz CT molecular complexity index is 1350. The zero-order valence-corrected chi connectivity index (χ0v) is 17.7. The zero-order valence-electron chi connectivity index (χ0n) is 17.7. The zero-order chi connectivity index (χ0) is 24.5. The van der Waals surface area contributed by atoms with E-state index in [1.807, 2.05) is 6.20 Å². The average Bonchev–Trinajstić information content (AvgIpc) is 3.15. The van der Waals surface area contributed by atoms with Crippen molar-refractivity contribution >= 4 is 28.7 Å². The van der Waals surface area contributed by atoms with Crippen molar-refractivity contribution in [1.82, 2.24) is 19.9 Å². The number of aromatic nitrogens is 3. The second-order valence-corrected chi connectivity index (χ2v) is 7.35. The number of carbonyl (C=O) groups is 1. The highest BCUT2D eigenvalue weighted by atomic mass is 19.4. The molecule has 5 N–H and O–H groups in total. The summed E-state index contributed by atoms with van der Waals surface area (Å²) in [5.41, 5.74) is 7.90. The molecular formula is C22H19F4N7O. The van der Waals surface area contributed by atoms with Gasteiger partial charge in [-0.25, -0.2) is 18.7 Å². The number of benzene rings is 2. The summed E-state index contributed by atoms with van der Waals surface area (Å²) < 4.78 is 54.1. The molecule has 0 spiro atoms. The van der Waals surface area contributed by atoms with Gasteiger partial charge in [-0.3, -0.25) is 0 Å². The molecule has 176 valence electrons. The Balaban J connectivity index is 1.56. The van der Waals surface area contributed by atoms with Crippen LogP contribution in [0.3, 0.4) is 0 Å². The van der Waals surface area contributed by atoms with E-state index in [9.17, 15) is 22.4 Å². The lowest BCUT2D eigenvalue weighted by Gasteiger charge is -2.12. The number of nitrogens with two attached hydrogens (primary N) is 1. The summed E-state index contributed by atoms with van der Waals surface area (Å²) in [4.78, 5) is 16.3. The highest BCUT2D eigenvalue weighted by molar-refractivity contribution is 6.00. The monoisotopic (exact) mass is 473 g/mol. The summed E-state index contributed by atoms with van der Waals surface area (Å²) in [5, 5.41) is 11.8. The third-order valence-electron chi connectivity index (χ3n) is 5.02. The number of rotatable bonds is 5. The number of amides is 2. The van der Waals surface area contributed by atoms with Crippen LogP contribution >= 0.6 is 0 Å².